The Bertz CT molecular complexity index is 1110. The third-order valence-corrected chi connectivity index (χ3v) is 6.30. The Morgan fingerprint density at radius 1 is 1.13 bits per heavy atom. The van der Waals surface area contributed by atoms with Crippen LogP contribution in [0.2, 0.25) is 5.02 Å². The largest absolute Gasteiger partial charge is 0.350 e. The molecule has 4 nitrogen and oxygen atoms in total. The fourth-order valence-corrected chi connectivity index (χ4v) is 4.27. The molecule has 1 N–H and O–H groups in total. The summed E-state index contributed by atoms with van der Waals surface area (Å²) >= 11 is 6.21. The Morgan fingerprint density at radius 2 is 1.90 bits per heavy atom. The summed E-state index contributed by atoms with van der Waals surface area (Å²) in [5.74, 6) is -0.176. The van der Waals surface area contributed by atoms with Crippen LogP contribution in [0.25, 0.3) is 5.69 Å². The van der Waals surface area contributed by atoms with E-state index in [1.54, 1.807) is 0 Å². The van der Waals surface area contributed by atoms with Crippen molar-refractivity contribution in [3.63, 3.8) is 0 Å². The molecule has 1 unspecified atom stereocenters. The van der Waals surface area contributed by atoms with E-state index in [9.17, 15) is 4.79 Å². The molecule has 0 fully saturated rings. The number of hydrogen-bond acceptors (Lipinski definition) is 2. The van der Waals surface area contributed by atoms with Gasteiger partial charge in [0, 0.05) is 10.4 Å². The van der Waals surface area contributed by atoms with E-state index in [0.29, 0.717) is 11.6 Å². The molecule has 31 heavy (non-hydrogen) atoms. The SMILES string of the molecule is CC(C(=O)NCc1cc(C(C)(C)C)nn1-c1cccc(Cl)c1)c1ccc2c(c1)CCC2. The molecule has 2 aromatic carbocycles. The smallest absolute Gasteiger partial charge is 0.227 e. The first kappa shape index (κ1) is 21.6. The molecular formula is C26H30ClN3O. The number of nitrogens with zero attached hydrogens (tertiary/aromatic N) is 2. The number of aryl methyl sites for hydroxylation is 2. The summed E-state index contributed by atoms with van der Waals surface area (Å²) in [6.45, 7) is 8.78. The Balaban J connectivity index is 1.54. The first-order valence-corrected chi connectivity index (χ1v) is 11.3. The van der Waals surface area contributed by atoms with Gasteiger partial charge >= 0.3 is 0 Å². The number of halogens is 1. The van der Waals surface area contributed by atoms with Gasteiger partial charge in [-0.2, -0.15) is 5.10 Å². The molecule has 0 radical (unpaired) electrons. The van der Waals surface area contributed by atoms with Crippen molar-refractivity contribution in [3.05, 3.63) is 81.6 Å². The Morgan fingerprint density at radius 3 is 2.65 bits per heavy atom. The number of nitrogens with one attached hydrogen (secondary N) is 1. The van der Waals surface area contributed by atoms with Crippen LogP contribution in [0, 0.1) is 0 Å². The van der Waals surface area contributed by atoms with Crippen LogP contribution in [0.1, 0.15) is 68.1 Å². The van der Waals surface area contributed by atoms with Gasteiger partial charge in [-0.15, -0.1) is 0 Å². The van der Waals surface area contributed by atoms with Crippen LogP contribution < -0.4 is 5.32 Å². The molecule has 162 valence electrons. The second-order valence-electron chi connectivity index (χ2n) is 9.48. The van der Waals surface area contributed by atoms with E-state index in [4.69, 9.17) is 16.7 Å². The van der Waals surface area contributed by atoms with Gasteiger partial charge in [-0.05, 0) is 67.1 Å². The molecular weight excluding hydrogens is 406 g/mol. The van der Waals surface area contributed by atoms with E-state index in [0.717, 1.165) is 35.5 Å². The van der Waals surface area contributed by atoms with Crippen molar-refractivity contribution in [1.82, 2.24) is 15.1 Å². The normalized spacial score (nSPS) is 14.4. The van der Waals surface area contributed by atoms with Crippen LogP contribution in [0.5, 0.6) is 0 Å². The van der Waals surface area contributed by atoms with E-state index in [2.05, 4.69) is 50.4 Å². The molecule has 5 heteroatoms. The van der Waals surface area contributed by atoms with Gasteiger partial charge in [-0.3, -0.25) is 4.79 Å². The summed E-state index contributed by atoms with van der Waals surface area (Å²) in [6, 6.07) is 16.2. The first-order chi connectivity index (χ1) is 14.7. The fraction of sp³-hybridized carbons (Fsp3) is 0.385. The fourth-order valence-electron chi connectivity index (χ4n) is 4.09. The topological polar surface area (TPSA) is 46.9 Å². The number of rotatable bonds is 5. The standard InChI is InChI=1S/C26H30ClN3O/c1-17(19-12-11-18-7-5-8-20(18)13-19)25(31)28-16-23-15-24(26(2,3)4)29-30(23)22-10-6-9-21(27)14-22/h6,9-15,17H,5,7-8,16H2,1-4H3,(H,28,31). The number of carbonyl (C=O) groups excluding carboxylic acids is 1. The highest BCUT2D eigenvalue weighted by molar-refractivity contribution is 6.30. The third-order valence-electron chi connectivity index (χ3n) is 6.06. The maximum atomic E-state index is 13.0. The van der Waals surface area contributed by atoms with Gasteiger partial charge in [0.1, 0.15) is 0 Å². The van der Waals surface area contributed by atoms with Crippen LogP contribution in [0.4, 0.5) is 0 Å². The average Bonchev–Trinajstić information content (AvgIpc) is 3.37. The average molecular weight is 436 g/mol. The van der Waals surface area contributed by atoms with Crippen molar-refractivity contribution in [2.45, 2.75) is 64.8 Å². The van der Waals surface area contributed by atoms with Crippen molar-refractivity contribution < 1.29 is 4.79 Å². The summed E-state index contributed by atoms with van der Waals surface area (Å²) in [5.41, 5.74) is 6.60. The first-order valence-electron chi connectivity index (χ1n) is 11.0. The van der Waals surface area contributed by atoms with Gasteiger partial charge in [-0.25, -0.2) is 4.68 Å². The predicted molar refractivity (Wildman–Crippen MR) is 126 cm³/mol. The zero-order chi connectivity index (χ0) is 22.2. The summed E-state index contributed by atoms with van der Waals surface area (Å²) in [4.78, 5) is 13.0. The van der Waals surface area contributed by atoms with Crippen molar-refractivity contribution in [3.8, 4) is 5.69 Å². The molecule has 3 aromatic rings. The van der Waals surface area contributed by atoms with Gasteiger partial charge in [-0.1, -0.05) is 56.6 Å². The highest BCUT2D eigenvalue weighted by atomic mass is 35.5. The van der Waals surface area contributed by atoms with Gasteiger partial charge in [0.15, 0.2) is 0 Å². The third kappa shape index (κ3) is 4.69. The highest BCUT2D eigenvalue weighted by Gasteiger charge is 2.22. The Labute approximate surface area is 189 Å². The maximum absolute atomic E-state index is 13.0. The molecule has 0 bridgehead atoms. The van der Waals surface area contributed by atoms with Gasteiger partial charge < -0.3 is 5.32 Å². The van der Waals surface area contributed by atoms with Crippen LogP contribution in [-0.4, -0.2) is 15.7 Å². The van der Waals surface area contributed by atoms with Crippen molar-refractivity contribution in [1.29, 1.82) is 0 Å². The van der Waals surface area contributed by atoms with Crippen molar-refractivity contribution in [2.24, 2.45) is 0 Å². The molecule has 1 aromatic heterocycles. The van der Waals surface area contributed by atoms with Crippen LogP contribution in [0.15, 0.2) is 48.5 Å². The number of aromatic nitrogens is 2. The highest BCUT2D eigenvalue weighted by Crippen LogP contribution is 2.27. The van der Waals surface area contributed by atoms with E-state index >= 15 is 0 Å². The van der Waals surface area contributed by atoms with Crippen LogP contribution in [0.3, 0.4) is 0 Å². The van der Waals surface area contributed by atoms with Crippen LogP contribution in [-0.2, 0) is 29.6 Å². The molecule has 1 heterocycles. The summed E-state index contributed by atoms with van der Waals surface area (Å²) in [6.07, 6.45) is 3.48. The van der Waals surface area contributed by atoms with Gasteiger partial charge in [0.25, 0.3) is 0 Å². The molecule has 1 aliphatic carbocycles. The second-order valence-corrected chi connectivity index (χ2v) is 9.92. The van der Waals surface area contributed by atoms with E-state index in [-0.39, 0.29) is 17.2 Å². The Kier molecular flexibility index (Phi) is 5.94. The molecule has 1 aliphatic rings. The minimum atomic E-state index is -0.199. The monoisotopic (exact) mass is 435 g/mol. The minimum Gasteiger partial charge on any atom is -0.350 e. The number of carbonyl (C=O) groups is 1. The lowest BCUT2D eigenvalue weighted by molar-refractivity contribution is -0.122. The molecule has 1 amide bonds. The van der Waals surface area contributed by atoms with E-state index in [1.807, 2.05) is 35.9 Å². The molecule has 0 aliphatic heterocycles. The number of fused-ring (bicyclic) bond motifs is 1. The molecule has 1 atom stereocenters. The lowest BCUT2D eigenvalue weighted by atomic mass is 9.92. The van der Waals surface area contributed by atoms with E-state index < -0.39 is 0 Å². The molecule has 4 rings (SSSR count). The number of hydrogen-bond donors (Lipinski definition) is 1. The summed E-state index contributed by atoms with van der Waals surface area (Å²) < 4.78 is 1.88. The maximum Gasteiger partial charge on any atom is 0.227 e. The van der Waals surface area contributed by atoms with Crippen molar-refractivity contribution in [2.75, 3.05) is 0 Å². The minimum absolute atomic E-state index is 0.0223. The quantitative estimate of drug-likeness (QED) is 0.556. The van der Waals surface area contributed by atoms with E-state index in [1.165, 1.54) is 17.5 Å². The van der Waals surface area contributed by atoms with Crippen LogP contribution >= 0.6 is 11.6 Å². The zero-order valence-corrected chi connectivity index (χ0v) is 19.5. The lowest BCUT2D eigenvalue weighted by Crippen LogP contribution is -2.28. The zero-order valence-electron chi connectivity index (χ0n) is 18.7. The van der Waals surface area contributed by atoms with Crippen molar-refractivity contribution >= 4 is 17.5 Å². The summed E-state index contributed by atoms with van der Waals surface area (Å²) in [5, 5.41) is 8.60. The number of benzene rings is 2. The predicted octanol–water partition coefficient (Wildman–Crippen LogP) is 5.73. The lowest BCUT2D eigenvalue weighted by Gasteiger charge is -2.15. The molecule has 0 saturated heterocycles. The Hall–Kier alpha value is -2.59. The molecule has 0 spiro atoms. The summed E-state index contributed by atoms with van der Waals surface area (Å²) in [7, 11) is 0. The second kappa shape index (κ2) is 8.51. The van der Waals surface area contributed by atoms with Gasteiger partial charge in [0.05, 0.1) is 29.5 Å². The molecule has 0 saturated carbocycles. The number of amides is 1. The van der Waals surface area contributed by atoms with Gasteiger partial charge in [0.2, 0.25) is 5.91 Å².